The number of nitrogens with zero attached hydrogens (tertiary/aromatic N) is 3. The van der Waals surface area contributed by atoms with Gasteiger partial charge in [-0.15, -0.1) is 0 Å². The highest BCUT2D eigenvalue weighted by Gasteiger charge is 2.30. The summed E-state index contributed by atoms with van der Waals surface area (Å²) in [6, 6.07) is 8.61. The molecular weight excluding hydrogens is 281 g/mol. The first-order valence-corrected chi connectivity index (χ1v) is 6.86. The molecule has 0 atom stereocenters. The molecule has 0 unspecified atom stereocenters. The Labute approximate surface area is 127 Å². The third-order valence-electron chi connectivity index (χ3n) is 3.41. The SMILES string of the molecule is Cc1cc(C2=NC(C)(C)Oc3c(F)cccc32)cnc1C#N. The van der Waals surface area contributed by atoms with Crippen LogP contribution in [0.25, 0.3) is 0 Å². The first-order valence-electron chi connectivity index (χ1n) is 6.86. The van der Waals surface area contributed by atoms with Crippen LogP contribution in [0.5, 0.6) is 5.75 Å². The van der Waals surface area contributed by atoms with Gasteiger partial charge in [0, 0.05) is 17.3 Å². The monoisotopic (exact) mass is 295 g/mol. The lowest BCUT2D eigenvalue weighted by molar-refractivity contribution is 0.109. The minimum atomic E-state index is -0.869. The molecule has 3 rings (SSSR count). The number of benzene rings is 1. The topological polar surface area (TPSA) is 58.3 Å². The highest BCUT2D eigenvalue weighted by molar-refractivity contribution is 6.15. The van der Waals surface area contributed by atoms with Gasteiger partial charge in [0.05, 0.1) is 5.71 Å². The molecule has 110 valence electrons. The zero-order valence-electron chi connectivity index (χ0n) is 12.5. The number of nitriles is 1. The van der Waals surface area contributed by atoms with Crippen LogP contribution in [0.15, 0.2) is 35.5 Å². The lowest BCUT2D eigenvalue weighted by Crippen LogP contribution is -2.33. The standard InChI is InChI=1S/C17H14FN3O/c1-10-7-11(9-20-14(10)8-19)15-12-5-4-6-13(18)16(12)22-17(2,3)21-15/h4-7,9H,1-3H3. The van der Waals surface area contributed by atoms with Gasteiger partial charge >= 0.3 is 0 Å². The number of aromatic nitrogens is 1. The number of para-hydroxylation sites is 1. The Balaban J connectivity index is 2.21. The summed E-state index contributed by atoms with van der Waals surface area (Å²) in [4.78, 5) is 8.71. The van der Waals surface area contributed by atoms with Gasteiger partial charge in [-0.3, -0.25) is 0 Å². The maximum Gasteiger partial charge on any atom is 0.195 e. The van der Waals surface area contributed by atoms with Gasteiger partial charge < -0.3 is 4.74 Å². The molecule has 0 N–H and O–H groups in total. The minimum absolute atomic E-state index is 0.194. The van der Waals surface area contributed by atoms with Crippen LogP contribution in [0.4, 0.5) is 4.39 Å². The van der Waals surface area contributed by atoms with Crippen molar-refractivity contribution in [1.29, 1.82) is 5.26 Å². The van der Waals surface area contributed by atoms with E-state index in [9.17, 15) is 4.39 Å². The smallest absolute Gasteiger partial charge is 0.195 e. The molecule has 0 fully saturated rings. The summed E-state index contributed by atoms with van der Waals surface area (Å²) in [5.74, 6) is -0.226. The predicted octanol–water partition coefficient (Wildman–Crippen LogP) is 3.37. The Morgan fingerprint density at radius 3 is 2.77 bits per heavy atom. The van der Waals surface area contributed by atoms with Crippen molar-refractivity contribution in [3.63, 3.8) is 0 Å². The highest BCUT2D eigenvalue weighted by Crippen LogP contribution is 2.34. The Hall–Kier alpha value is -2.74. The van der Waals surface area contributed by atoms with Crippen molar-refractivity contribution in [2.24, 2.45) is 4.99 Å². The highest BCUT2D eigenvalue weighted by atomic mass is 19.1. The zero-order valence-corrected chi connectivity index (χ0v) is 12.5. The van der Waals surface area contributed by atoms with E-state index in [0.29, 0.717) is 17.0 Å². The van der Waals surface area contributed by atoms with Gasteiger partial charge in [-0.05, 0) is 44.5 Å². The van der Waals surface area contributed by atoms with Gasteiger partial charge in [0.15, 0.2) is 17.3 Å². The van der Waals surface area contributed by atoms with E-state index in [1.54, 1.807) is 32.2 Å². The number of rotatable bonds is 1. The quantitative estimate of drug-likeness (QED) is 0.810. The molecule has 2 aromatic rings. The van der Waals surface area contributed by atoms with Gasteiger partial charge in [-0.25, -0.2) is 14.4 Å². The molecule has 2 heterocycles. The second kappa shape index (κ2) is 4.92. The summed E-state index contributed by atoms with van der Waals surface area (Å²) in [6.07, 6.45) is 1.58. The summed E-state index contributed by atoms with van der Waals surface area (Å²) < 4.78 is 19.7. The van der Waals surface area contributed by atoms with E-state index < -0.39 is 11.5 Å². The maximum absolute atomic E-state index is 14.1. The normalized spacial score (nSPS) is 15.3. The van der Waals surface area contributed by atoms with Crippen molar-refractivity contribution in [3.05, 3.63) is 58.7 Å². The Bertz CT molecular complexity index is 834. The van der Waals surface area contributed by atoms with Crippen molar-refractivity contribution < 1.29 is 9.13 Å². The molecule has 0 saturated carbocycles. The van der Waals surface area contributed by atoms with E-state index in [0.717, 1.165) is 11.1 Å². The van der Waals surface area contributed by atoms with Crippen LogP contribution < -0.4 is 4.74 Å². The number of fused-ring (bicyclic) bond motifs is 1. The van der Waals surface area contributed by atoms with Crippen molar-refractivity contribution in [3.8, 4) is 11.8 Å². The van der Waals surface area contributed by atoms with Crippen molar-refractivity contribution in [2.45, 2.75) is 26.5 Å². The number of hydrogen-bond acceptors (Lipinski definition) is 4. The molecule has 1 aliphatic heterocycles. The third-order valence-corrected chi connectivity index (χ3v) is 3.41. The average Bonchev–Trinajstić information content (AvgIpc) is 2.47. The molecule has 1 aliphatic rings. The van der Waals surface area contributed by atoms with E-state index in [4.69, 9.17) is 10.00 Å². The summed E-state index contributed by atoms with van der Waals surface area (Å²) in [5.41, 5.74) is 2.20. The Kier molecular flexibility index (Phi) is 3.18. The van der Waals surface area contributed by atoms with Crippen molar-refractivity contribution >= 4 is 5.71 Å². The van der Waals surface area contributed by atoms with E-state index in [-0.39, 0.29) is 5.75 Å². The van der Waals surface area contributed by atoms with Gasteiger partial charge in [0.1, 0.15) is 11.8 Å². The molecular formula is C17H14FN3O. The molecule has 1 aromatic heterocycles. The summed E-state index contributed by atoms with van der Waals surface area (Å²) >= 11 is 0. The summed E-state index contributed by atoms with van der Waals surface area (Å²) in [7, 11) is 0. The Morgan fingerprint density at radius 1 is 1.32 bits per heavy atom. The fourth-order valence-corrected chi connectivity index (χ4v) is 2.44. The lowest BCUT2D eigenvalue weighted by atomic mass is 9.98. The second-order valence-corrected chi connectivity index (χ2v) is 5.63. The molecule has 0 amide bonds. The van der Waals surface area contributed by atoms with E-state index in [1.807, 2.05) is 19.1 Å². The molecule has 0 saturated heterocycles. The van der Waals surface area contributed by atoms with Crippen molar-refractivity contribution in [1.82, 2.24) is 4.98 Å². The van der Waals surface area contributed by atoms with E-state index >= 15 is 0 Å². The largest absolute Gasteiger partial charge is 0.463 e. The number of hydrogen-bond donors (Lipinski definition) is 0. The van der Waals surface area contributed by atoms with Crippen LogP contribution in [-0.4, -0.2) is 16.4 Å². The van der Waals surface area contributed by atoms with Gasteiger partial charge in [0.25, 0.3) is 0 Å². The number of pyridine rings is 1. The van der Waals surface area contributed by atoms with Gasteiger partial charge in [-0.1, -0.05) is 6.07 Å². The van der Waals surface area contributed by atoms with E-state index in [1.165, 1.54) is 6.07 Å². The lowest BCUT2D eigenvalue weighted by Gasteiger charge is -2.30. The van der Waals surface area contributed by atoms with Gasteiger partial charge in [0.2, 0.25) is 0 Å². The van der Waals surface area contributed by atoms with Crippen LogP contribution in [0, 0.1) is 24.1 Å². The molecule has 0 radical (unpaired) electrons. The molecule has 22 heavy (non-hydrogen) atoms. The number of halogens is 1. The molecule has 0 spiro atoms. The van der Waals surface area contributed by atoms with Crippen molar-refractivity contribution in [2.75, 3.05) is 0 Å². The fraction of sp³-hybridized carbons (Fsp3) is 0.235. The number of ether oxygens (including phenoxy) is 1. The third kappa shape index (κ3) is 2.33. The Morgan fingerprint density at radius 2 is 2.09 bits per heavy atom. The maximum atomic E-state index is 14.1. The first-order chi connectivity index (χ1) is 10.4. The second-order valence-electron chi connectivity index (χ2n) is 5.63. The number of aryl methyl sites for hydroxylation is 1. The average molecular weight is 295 g/mol. The predicted molar refractivity (Wildman–Crippen MR) is 80.4 cm³/mol. The van der Waals surface area contributed by atoms with Crippen LogP contribution in [0.1, 0.15) is 36.2 Å². The molecule has 0 aliphatic carbocycles. The summed E-state index contributed by atoms with van der Waals surface area (Å²) in [6.45, 7) is 5.35. The van der Waals surface area contributed by atoms with E-state index in [2.05, 4.69) is 9.98 Å². The zero-order chi connectivity index (χ0) is 15.9. The molecule has 4 nitrogen and oxygen atoms in total. The van der Waals surface area contributed by atoms with Crippen LogP contribution in [-0.2, 0) is 0 Å². The van der Waals surface area contributed by atoms with Crippen LogP contribution in [0.3, 0.4) is 0 Å². The summed E-state index contributed by atoms with van der Waals surface area (Å²) in [5, 5.41) is 8.98. The molecule has 5 heteroatoms. The fourth-order valence-electron chi connectivity index (χ4n) is 2.44. The number of aliphatic imine (C=N–C) groups is 1. The molecule has 1 aromatic carbocycles. The van der Waals surface area contributed by atoms with Crippen LogP contribution in [0.2, 0.25) is 0 Å². The van der Waals surface area contributed by atoms with Crippen LogP contribution >= 0.6 is 0 Å². The molecule has 0 bridgehead atoms. The first kappa shape index (κ1) is 14.2. The van der Waals surface area contributed by atoms with Gasteiger partial charge in [-0.2, -0.15) is 5.26 Å². The minimum Gasteiger partial charge on any atom is -0.463 e.